The van der Waals surface area contributed by atoms with Gasteiger partial charge in [-0.25, -0.2) is 0 Å². The molecule has 1 aromatic heterocycles. The van der Waals surface area contributed by atoms with Gasteiger partial charge in [0.1, 0.15) is 0 Å². The van der Waals surface area contributed by atoms with Crippen molar-refractivity contribution in [1.82, 2.24) is 4.57 Å². The van der Waals surface area contributed by atoms with Crippen LogP contribution in [0, 0.1) is 6.42 Å². The Labute approximate surface area is 103 Å². The molecule has 0 amide bonds. The fraction of sp³-hybridized carbons (Fsp3) is 0.308. The van der Waals surface area contributed by atoms with Crippen LogP contribution in [0.2, 0.25) is 0 Å². The van der Waals surface area contributed by atoms with E-state index < -0.39 is 6.67 Å². The number of hydrogen-bond acceptors (Lipinski definition) is 0. The summed E-state index contributed by atoms with van der Waals surface area (Å²) in [5.74, 6) is 0. The molecule has 85 valence electrons. The van der Waals surface area contributed by atoms with Crippen LogP contribution in [0.15, 0.2) is 28.9 Å². The second-order valence-electron chi connectivity index (χ2n) is 4.11. The lowest BCUT2D eigenvalue weighted by Gasteiger charge is -2.08. The number of aromatic nitrogens is 1. The molecule has 0 aliphatic carbocycles. The number of halogens is 2. The third kappa shape index (κ3) is 2.01. The molecule has 2 aromatic rings. The van der Waals surface area contributed by atoms with Gasteiger partial charge in [-0.15, -0.1) is 0 Å². The Morgan fingerprint density at radius 2 is 2.19 bits per heavy atom. The summed E-state index contributed by atoms with van der Waals surface area (Å²) >= 11 is 3.47. The van der Waals surface area contributed by atoms with Crippen molar-refractivity contribution < 1.29 is 4.39 Å². The maximum atomic E-state index is 12.4. The van der Waals surface area contributed by atoms with Crippen LogP contribution in [0.1, 0.15) is 25.5 Å². The molecule has 0 saturated carbocycles. The van der Waals surface area contributed by atoms with Gasteiger partial charge in [0.15, 0.2) is 0 Å². The number of benzene rings is 1. The number of fused-ring (bicyclic) bond motifs is 1. The van der Waals surface area contributed by atoms with Crippen molar-refractivity contribution >= 4 is 26.8 Å². The second-order valence-corrected chi connectivity index (χ2v) is 5.02. The molecule has 0 unspecified atom stereocenters. The maximum Gasteiger partial charge on any atom is 0.0970 e. The predicted molar refractivity (Wildman–Crippen MR) is 69.4 cm³/mol. The molecule has 2 rings (SSSR count). The summed E-state index contributed by atoms with van der Waals surface area (Å²) in [4.78, 5) is 0. The van der Waals surface area contributed by atoms with Crippen LogP contribution in [0.5, 0.6) is 0 Å². The third-order valence-electron chi connectivity index (χ3n) is 2.68. The van der Waals surface area contributed by atoms with Crippen LogP contribution in [-0.2, 0) is 0 Å². The molecular weight excluding hydrogens is 269 g/mol. The van der Waals surface area contributed by atoms with Gasteiger partial charge in [-0.2, -0.15) is 0 Å². The second kappa shape index (κ2) is 4.58. The first-order chi connectivity index (χ1) is 7.63. The van der Waals surface area contributed by atoms with Crippen molar-refractivity contribution in [2.75, 3.05) is 6.67 Å². The minimum Gasteiger partial charge on any atom is -0.345 e. The number of hydrogen-bond donors (Lipinski definition) is 0. The van der Waals surface area contributed by atoms with Gasteiger partial charge in [0.25, 0.3) is 0 Å². The zero-order valence-corrected chi connectivity index (χ0v) is 11.0. The van der Waals surface area contributed by atoms with Gasteiger partial charge in [-0.3, -0.25) is 4.39 Å². The Hall–Kier alpha value is -0.830. The molecule has 1 radical (unpaired) electrons. The topological polar surface area (TPSA) is 4.93 Å². The first-order valence-electron chi connectivity index (χ1n) is 5.32. The Kier molecular flexibility index (Phi) is 3.33. The highest BCUT2D eigenvalue weighted by Crippen LogP contribution is 2.28. The molecular formula is C13H14BrFN. The van der Waals surface area contributed by atoms with E-state index in [1.807, 2.05) is 18.3 Å². The maximum absolute atomic E-state index is 12.4. The quantitative estimate of drug-likeness (QED) is 0.781. The van der Waals surface area contributed by atoms with E-state index in [1.54, 1.807) is 6.42 Å². The molecule has 0 saturated heterocycles. The molecule has 1 nitrogen and oxygen atoms in total. The van der Waals surface area contributed by atoms with Crippen LogP contribution in [-0.4, -0.2) is 11.2 Å². The molecule has 16 heavy (non-hydrogen) atoms. The van der Waals surface area contributed by atoms with Crippen molar-refractivity contribution in [3.63, 3.8) is 0 Å². The lowest BCUT2D eigenvalue weighted by molar-refractivity contribution is 0.544. The van der Waals surface area contributed by atoms with Gasteiger partial charge < -0.3 is 4.57 Å². The molecule has 1 heterocycles. The molecule has 0 atom stereocenters. The van der Waals surface area contributed by atoms with E-state index >= 15 is 0 Å². The zero-order valence-electron chi connectivity index (χ0n) is 9.37. The minimum absolute atomic E-state index is 0.374. The van der Waals surface area contributed by atoms with Crippen LogP contribution in [0.3, 0.4) is 0 Å². The summed E-state index contributed by atoms with van der Waals surface area (Å²) in [5, 5.41) is 1.11. The molecule has 0 bridgehead atoms. The zero-order chi connectivity index (χ0) is 11.7. The van der Waals surface area contributed by atoms with Crippen LogP contribution in [0.25, 0.3) is 10.9 Å². The number of alkyl halides is 1. The van der Waals surface area contributed by atoms with Gasteiger partial charge >= 0.3 is 0 Å². The lowest BCUT2D eigenvalue weighted by atomic mass is 10.1. The highest BCUT2D eigenvalue weighted by Gasteiger charge is 2.10. The van der Waals surface area contributed by atoms with Gasteiger partial charge in [0, 0.05) is 34.0 Å². The average molecular weight is 283 g/mol. The van der Waals surface area contributed by atoms with Gasteiger partial charge in [0.05, 0.1) is 6.67 Å². The van der Waals surface area contributed by atoms with Crippen molar-refractivity contribution in [3.8, 4) is 0 Å². The summed E-state index contributed by atoms with van der Waals surface area (Å²) < 4.78 is 15.6. The fourth-order valence-electron chi connectivity index (χ4n) is 1.92. The smallest absolute Gasteiger partial charge is 0.0970 e. The Morgan fingerprint density at radius 3 is 2.81 bits per heavy atom. The van der Waals surface area contributed by atoms with Crippen LogP contribution < -0.4 is 0 Å². The Morgan fingerprint density at radius 1 is 1.44 bits per heavy atom. The summed E-state index contributed by atoms with van der Waals surface area (Å²) in [5.41, 5.74) is 2.11. The van der Waals surface area contributed by atoms with Gasteiger partial charge in [0.2, 0.25) is 0 Å². The predicted octanol–water partition coefficient (Wildman–Crippen LogP) is 4.51. The molecule has 1 aromatic carbocycles. The Bertz CT molecular complexity index is 502. The monoisotopic (exact) mass is 282 g/mol. The third-order valence-corrected chi connectivity index (χ3v) is 3.17. The average Bonchev–Trinajstić information content (AvgIpc) is 2.57. The van der Waals surface area contributed by atoms with E-state index in [0.717, 1.165) is 20.9 Å². The summed E-state index contributed by atoms with van der Waals surface area (Å²) in [7, 11) is 0. The molecule has 0 aliphatic rings. The van der Waals surface area contributed by atoms with E-state index in [0.29, 0.717) is 6.04 Å². The molecule has 0 spiro atoms. The highest BCUT2D eigenvalue weighted by atomic mass is 79.9. The van der Waals surface area contributed by atoms with E-state index in [1.165, 1.54) is 0 Å². The molecule has 0 fully saturated rings. The van der Waals surface area contributed by atoms with Gasteiger partial charge in [-0.1, -0.05) is 22.0 Å². The summed E-state index contributed by atoms with van der Waals surface area (Å²) in [6.07, 6.45) is 3.64. The normalized spacial score (nSPS) is 11.6. The Balaban J connectivity index is 2.66. The molecule has 0 aliphatic heterocycles. The van der Waals surface area contributed by atoms with Gasteiger partial charge in [-0.05, 0) is 31.5 Å². The minimum atomic E-state index is -0.423. The fourth-order valence-corrected chi connectivity index (χ4v) is 2.27. The number of nitrogens with zero attached hydrogens (tertiary/aromatic N) is 1. The first kappa shape index (κ1) is 11.6. The van der Waals surface area contributed by atoms with E-state index in [4.69, 9.17) is 0 Å². The first-order valence-corrected chi connectivity index (χ1v) is 6.12. The van der Waals surface area contributed by atoms with E-state index in [-0.39, 0.29) is 0 Å². The standard InChI is InChI=1S/C13H14BrFN/c1-9(2)16-8-10(5-6-15)12-4-3-11(14)7-13(12)16/h3-5,7-9H,6H2,1-2H3. The van der Waals surface area contributed by atoms with Crippen molar-refractivity contribution in [3.05, 3.63) is 40.9 Å². The van der Waals surface area contributed by atoms with Crippen LogP contribution in [0.4, 0.5) is 4.39 Å². The number of rotatable bonds is 3. The largest absolute Gasteiger partial charge is 0.345 e. The van der Waals surface area contributed by atoms with Crippen molar-refractivity contribution in [2.24, 2.45) is 0 Å². The highest BCUT2D eigenvalue weighted by molar-refractivity contribution is 9.10. The van der Waals surface area contributed by atoms with Crippen molar-refractivity contribution in [2.45, 2.75) is 19.9 Å². The van der Waals surface area contributed by atoms with E-state index in [9.17, 15) is 4.39 Å². The van der Waals surface area contributed by atoms with E-state index in [2.05, 4.69) is 40.4 Å². The SMILES string of the molecule is CC(C)n1cc([CH]CF)c2ccc(Br)cc21. The molecule has 3 heteroatoms. The van der Waals surface area contributed by atoms with Crippen LogP contribution >= 0.6 is 15.9 Å². The summed E-state index contributed by atoms with van der Waals surface area (Å²) in [6.45, 7) is 3.83. The molecule has 0 N–H and O–H groups in total. The summed E-state index contributed by atoms with van der Waals surface area (Å²) in [6, 6.07) is 6.46. The van der Waals surface area contributed by atoms with Crippen molar-refractivity contribution in [1.29, 1.82) is 0 Å². The lowest BCUT2D eigenvalue weighted by Crippen LogP contribution is -1.97.